The molecular formula is C14H17NO6. The summed E-state index contributed by atoms with van der Waals surface area (Å²) in [4.78, 5) is 35.1. The van der Waals surface area contributed by atoms with E-state index in [1.807, 2.05) is 0 Å². The number of methoxy groups -OCH3 is 1. The van der Waals surface area contributed by atoms with Crippen LogP contribution in [0.1, 0.15) is 17.3 Å². The molecule has 1 unspecified atom stereocenters. The van der Waals surface area contributed by atoms with Crippen molar-refractivity contribution >= 4 is 17.8 Å². The molecule has 0 aromatic heterocycles. The largest absolute Gasteiger partial charge is 0.482 e. The Morgan fingerprint density at radius 1 is 1.33 bits per heavy atom. The Balaban J connectivity index is 2.82. The molecule has 0 fully saturated rings. The van der Waals surface area contributed by atoms with Gasteiger partial charge in [-0.15, -0.1) is 0 Å². The molecule has 7 nitrogen and oxygen atoms in total. The molecule has 0 aliphatic heterocycles. The van der Waals surface area contributed by atoms with Crippen LogP contribution in [-0.4, -0.2) is 54.7 Å². The number of aliphatic carboxylic acids is 1. The number of amides is 1. The minimum atomic E-state index is -1.09. The second-order valence-electron chi connectivity index (χ2n) is 4.32. The third kappa shape index (κ3) is 4.48. The summed E-state index contributed by atoms with van der Waals surface area (Å²) in [5.41, 5.74) is 0.271. The van der Waals surface area contributed by atoms with Crippen molar-refractivity contribution in [3.63, 3.8) is 0 Å². The predicted octanol–water partition coefficient (Wildman–Crippen LogP) is 0.783. The first-order valence-corrected chi connectivity index (χ1v) is 6.16. The van der Waals surface area contributed by atoms with E-state index in [0.717, 1.165) is 4.90 Å². The normalized spacial score (nSPS) is 11.4. The fraction of sp³-hybridized carbons (Fsp3) is 0.357. The molecular weight excluding hydrogens is 278 g/mol. The van der Waals surface area contributed by atoms with Crippen molar-refractivity contribution in [2.45, 2.75) is 13.0 Å². The highest BCUT2D eigenvalue weighted by molar-refractivity contribution is 5.96. The fourth-order valence-electron chi connectivity index (χ4n) is 1.47. The maximum atomic E-state index is 12.2. The van der Waals surface area contributed by atoms with Crippen LogP contribution in [0.5, 0.6) is 5.75 Å². The minimum Gasteiger partial charge on any atom is -0.482 e. The molecule has 7 heteroatoms. The highest BCUT2D eigenvalue weighted by Crippen LogP contribution is 2.15. The molecule has 1 atom stereocenters. The molecule has 1 amide bonds. The maximum absolute atomic E-state index is 12.2. The molecule has 0 aliphatic carbocycles. The summed E-state index contributed by atoms with van der Waals surface area (Å²) in [7, 11) is 2.65. The average molecular weight is 295 g/mol. The Hall–Kier alpha value is -2.57. The second-order valence-corrected chi connectivity index (χ2v) is 4.32. The zero-order valence-corrected chi connectivity index (χ0v) is 12.0. The van der Waals surface area contributed by atoms with Crippen molar-refractivity contribution in [2.24, 2.45) is 0 Å². The molecule has 0 heterocycles. The van der Waals surface area contributed by atoms with E-state index in [1.54, 1.807) is 18.2 Å². The summed E-state index contributed by atoms with van der Waals surface area (Å²) >= 11 is 0. The van der Waals surface area contributed by atoms with Gasteiger partial charge in [-0.3, -0.25) is 4.79 Å². The van der Waals surface area contributed by atoms with Crippen LogP contribution < -0.4 is 4.74 Å². The first kappa shape index (κ1) is 16.5. The number of likely N-dealkylation sites (N-methyl/N-ethyl adjacent to an activating group) is 1. The van der Waals surface area contributed by atoms with Crippen molar-refractivity contribution in [2.75, 3.05) is 20.8 Å². The quantitative estimate of drug-likeness (QED) is 0.780. The SMILES string of the molecule is COC(=O)COc1cccc(C(=O)N(C)C(C)C(=O)O)c1. The topological polar surface area (TPSA) is 93.1 Å². The summed E-state index contributed by atoms with van der Waals surface area (Å²) in [6, 6.07) is 5.20. The lowest BCUT2D eigenvalue weighted by Crippen LogP contribution is -2.40. The van der Waals surface area contributed by atoms with Crippen LogP contribution in [0.25, 0.3) is 0 Å². The fourth-order valence-corrected chi connectivity index (χ4v) is 1.47. The Labute approximate surface area is 122 Å². The number of hydrogen-bond donors (Lipinski definition) is 1. The van der Waals surface area contributed by atoms with Crippen LogP contribution in [0, 0.1) is 0 Å². The van der Waals surface area contributed by atoms with E-state index in [2.05, 4.69) is 4.74 Å². The van der Waals surface area contributed by atoms with Crippen molar-refractivity contribution < 1.29 is 29.0 Å². The van der Waals surface area contributed by atoms with Crippen LogP contribution in [0.4, 0.5) is 0 Å². The van der Waals surface area contributed by atoms with Crippen molar-refractivity contribution in [3.8, 4) is 5.75 Å². The van der Waals surface area contributed by atoms with E-state index in [4.69, 9.17) is 9.84 Å². The molecule has 1 N–H and O–H groups in total. The average Bonchev–Trinajstić information content (AvgIpc) is 2.50. The molecule has 1 aromatic rings. The summed E-state index contributed by atoms with van der Waals surface area (Å²) in [5.74, 6) is -1.76. The molecule has 21 heavy (non-hydrogen) atoms. The first-order chi connectivity index (χ1) is 9.86. The van der Waals surface area contributed by atoms with Crippen molar-refractivity contribution in [1.29, 1.82) is 0 Å². The monoisotopic (exact) mass is 295 g/mol. The lowest BCUT2D eigenvalue weighted by Gasteiger charge is -2.21. The molecule has 0 aliphatic rings. The van der Waals surface area contributed by atoms with Gasteiger partial charge in [0.05, 0.1) is 7.11 Å². The van der Waals surface area contributed by atoms with Gasteiger partial charge in [-0.2, -0.15) is 0 Å². The first-order valence-electron chi connectivity index (χ1n) is 6.16. The van der Waals surface area contributed by atoms with E-state index in [0.29, 0.717) is 5.75 Å². The number of carboxylic acid groups (broad SMARTS) is 1. The number of rotatable bonds is 6. The zero-order valence-electron chi connectivity index (χ0n) is 12.0. The second kappa shape index (κ2) is 7.28. The van der Waals surface area contributed by atoms with E-state index in [-0.39, 0.29) is 12.2 Å². The number of carbonyl (C=O) groups excluding carboxylic acids is 2. The number of carboxylic acids is 1. The van der Waals surface area contributed by atoms with Crippen LogP contribution in [0.15, 0.2) is 24.3 Å². The maximum Gasteiger partial charge on any atom is 0.343 e. The lowest BCUT2D eigenvalue weighted by molar-refractivity contribution is -0.143. The number of carbonyl (C=O) groups is 3. The van der Waals surface area contributed by atoms with Gasteiger partial charge < -0.3 is 19.5 Å². The summed E-state index contributed by atoms with van der Waals surface area (Å²) in [6.45, 7) is 1.15. The Morgan fingerprint density at radius 2 is 2.00 bits per heavy atom. The summed E-state index contributed by atoms with van der Waals surface area (Å²) < 4.78 is 9.62. The zero-order chi connectivity index (χ0) is 16.0. The van der Waals surface area contributed by atoms with Crippen molar-refractivity contribution in [1.82, 2.24) is 4.90 Å². The highest BCUT2D eigenvalue weighted by Gasteiger charge is 2.22. The van der Waals surface area contributed by atoms with Gasteiger partial charge in [0.15, 0.2) is 6.61 Å². The number of esters is 1. The number of nitrogens with zero attached hydrogens (tertiary/aromatic N) is 1. The van der Waals surface area contributed by atoms with Crippen LogP contribution >= 0.6 is 0 Å². The van der Waals surface area contributed by atoms with Gasteiger partial charge in [0.25, 0.3) is 5.91 Å². The molecule has 1 rings (SSSR count). The lowest BCUT2D eigenvalue weighted by atomic mass is 10.1. The van der Waals surface area contributed by atoms with Gasteiger partial charge in [-0.25, -0.2) is 9.59 Å². The van der Waals surface area contributed by atoms with Crippen LogP contribution in [-0.2, 0) is 14.3 Å². The van der Waals surface area contributed by atoms with Crippen LogP contribution in [0.3, 0.4) is 0 Å². The molecule has 114 valence electrons. The predicted molar refractivity (Wildman–Crippen MR) is 73.1 cm³/mol. The van der Waals surface area contributed by atoms with Gasteiger partial charge >= 0.3 is 11.9 Å². The minimum absolute atomic E-state index is 0.268. The Kier molecular flexibility index (Phi) is 5.71. The molecule has 1 aromatic carbocycles. The standard InChI is InChI=1S/C14H17NO6/c1-9(14(18)19)15(2)13(17)10-5-4-6-11(7-10)21-8-12(16)20-3/h4-7,9H,8H2,1-3H3,(H,18,19). The van der Waals surface area contributed by atoms with Crippen LogP contribution in [0.2, 0.25) is 0 Å². The van der Waals surface area contributed by atoms with Gasteiger partial charge in [-0.05, 0) is 25.1 Å². The third-order valence-corrected chi connectivity index (χ3v) is 2.92. The summed E-state index contributed by atoms with van der Waals surface area (Å²) in [5, 5.41) is 8.91. The van der Waals surface area contributed by atoms with Crippen molar-refractivity contribution in [3.05, 3.63) is 29.8 Å². The highest BCUT2D eigenvalue weighted by atomic mass is 16.6. The number of hydrogen-bond acceptors (Lipinski definition) is 5. The molecule has 0 bridgehead atoms. The molecule has 0 spiro atoms. The van der Waals surface area contributed by atoms with E-state index in [1.165, 1.54) is 27.1 Å². The molecule has 0 saturated carbocycles. The van der Waals surface area contributed by atoms with Gasteiger partial charge in [0, 0.05) is 12.6 Å². The van der Waals surface area contributed by atoms with E-state index >= 15 is 0 Å². The van der Waals surface area contributed by atoms with Gasteiger partial charge in [0.2, 0.25) is 0 Å². The Bertz CT molecular complexity index is 542. The smallest absolute Gasteiger partial charge is 0.343 e. The number of ether oxygens (including phenoxy) is 2. The summed E-state index contributed by atoms with van der Waals surface area (Å²) in [6.07, 6.45) is 0. The van der Waals surface area contributed by atoms with Gasteiger partial charge in [-0.1, -0.05) is 6.07 Å². The van der Waals surface area contributed by atoms with Gasteiger partial charge in [0.1, 0.15) is 11.8 Å². The third-order valence-electron chi connectivity index (χ3n) is 2.92. The number of benzene rings is 1. The Morgan fingerprint density at radius 3 is 2.57 bits per heavy atom. The van der Waals surface area contributed by atoms with E-state index in [9.17, 15) is 14.4 Å². The molecule has 0 saturated heterocycles. The molecule has 0 radical (unpaired) electrons. The van der Waals surface area contributed by atoms with E-state index < -0.39 is 23.9 Å².